The number of nitrogens with two attached hydrogens (primary N) is 1. The van der Waals surface area contributed by atoms with Crippen molar-refractivity contribution in [3.8, 4) is 0 Å². The molecule has 1 atom stereocenters. The number of allylic oxidation sites excluding steroid dienone is 2. The minimum Gasteiger partial charge on any atom is -0.440 e. The average Bonchev–Trinajstić information content (AvgIpc) is 2.69. The van der Waals surface area contributed by atoms with Gasteiger partial charge in [0.25, 0.3) is 0 Å². The predicted octanol–water partition coefficient (Wildman–Crippen LogP) is 6.82. The summed E-state index contributed by atoms with van der Waals surface area (Å²) >= 11 is 0. The smallest absolute Gasteiger partial charge is 0.440 e. The molecule has 0 radical (unpaired) electrons. The Kier molecular flexibility index (Phi) is 19.1. The van der Waals surface area contributed by atoms with Crippen LogP contribution in [0.25, 0.3) is 0 Å². The van der Waals surface area contributed by atoms with Crippen LogP contribution in [-0.4, -0.2) is 31.6 Å². The molecule has 0 aliphatic rings. The van der Waals surface area contributed by atoms with Crippen LogP contribution in [0.2, 0.25) is 0 Å². The van der Waals surface area contributed by atoms with Gasteiger partial charge in [-0.3, -0.25) is 5.73 Å². The van der Waals surface area contributed by atoms with E-state index in [2.05, 4.69) is 23.8 Å². The maximum Gasteiger partial charge on any atom is 0.490 e. The van der Waals surface area contributed by atoms with E-state index in [0.717, 1.165) is 25.7 Å². The fourth-order valence-electron chi connectivity index (χ4n) is 3.02. The van der Waals surface area contributed by atoms with E-state index >= 15 is 0 Å². The Morgan fingerprint density at radius 1 is 0.833 bits per heavy atom. The molecule has 178 valence electrons. The van der Waals surface area contributed by atoms with Gasteiger partial charge in [0.15, 0.2) is 6.23 Å². The Balaban J connectivity index is 3.28. The highest BCUT2D eigenvalue weighted by Crippen LogP contribution is 2.17. The molecule has 0 aromatic rings. The predicted molar refractivity (Wildman–Crippen MR) is 115 cm³/mol. The summed E-state index contributed by atoms with van der Waals surface area (Å²) in [6, 6.07) is 0. The van der Waals surface area contributed by atoms with Gasteiger partial charge in [0.2, 0.25) is 0 Å². The SMILES string of the molecule is CCCCCCCCC=CCCCCCCCCOCCC(N)OC(=O)C(F)(F)F. The van der Waals surface area contributed by atoms with Crippen molar-refractivity contribution in [1.29, 1.82) is 0 Å². The number of carbonyl (C=O) groups excluding carboxylic acids is 1. The molecule has 0 bridgehead atoms. The van der Waals surface area contributed by atoms with Crippen molar-refractivity contribution in [2.75, 3.05) is 13.2 Å². The van der Waals surface area contributed by atoms with Crippen LogP contribution in [0.1, 0.15) is 103 Å². The number of hydrogen-bond acceptors (Lipinski definition) is 4. The third kappa shape index (κ3) is 20.2. The van der Waals surface area contributed by atoms with Crippen LogP contribution >= 0.6 is 0 Å². The fourth-order valence-corrected chi connectivity index (χ4v) is 3.02. The second-order valence-electron chi connectivity index (χ2n) is 7.78. The van der Waals surface area contributed by atoms with E-state index in [1.54, 1.807) is 0 Å². The monoisotopic (exact) mass is 437 g/mol. The van der Waals surface area contributed by atoms with Crippen molar-refractivity contribution < 1.29 is 27.4 Å². The van der Waals surface area contributed by atoms with Crippen molar-refractivity contribution in [3.63, 3.8) is 0 Å². The number of halogens is 3. The highest BCUT2D eigenvalue weighted by Gasteiger charge is 2.41. The zero-order valence-corrected chi connectivity index (χ0v) is 18.7. The molecule has 0 spiro atoms. The number of rotatable bonds is 20. The minimum atomic E-state index is -5.01. The minimum absolute atomic E-state index is 0.0498. The van der Waals surface area contributed by atoms with Gasteiger partial charge in [-0.05, 0) is 32.1 Å². The molecule has 4 nitrogen and oxygen atoms in total. The second kappa shape index (κ2) is 19.9. The summed E-state index contributed by atoms with van der Waals surface area (Å²) in [7, 11) is 0. The molecule has 0 aromatic heterocycles. The first-order valence-corrected chi connectivity index (χ1v) is 11.6. The van der Waals surface area contributed by atoms with Crippen LogP contribution in [-0.2, 0) is 14.3 Å². The summed E-state index contributed by atoms with van der Waals surface area (Å²) in [6.07, 6.45) is 15.7. The number of alkyl halides is 3. The molecule has 0 saturated carbocycles. The molecule has 2 N–H and O–H groups in total. The lowest BCUT2D eigenvalue weighted by atomic mass is 10.1. The highest BCUT2D eigenvalue weighted by atomic mass is 19.4. The zero-order valence-electron chi connectivity index (χ0n) is 18.7. The van der Waals surface area contributed by atoms with Gasteiger partial charge >= 0.3 is 12.1 Å². The van der Waals surface area contributed by atoms with Crippen LogP contribution < -0.4 is 5.73 Å². The summed E-state index contributed by atoms with van der Waals surface area (Å²) in [5.74, 6) is -2.26. The van der Waals surface area contributed by atoms with Crippen molar-refractivity contribution in [2.24, 2.45) is 5.73 Å². The molecule has 0 amide bonds. The molecule has 7 heteroatoms. The van der Waals surface area contributed by atoms with E-state index in [4.69, 9.17) is 10.5 Å². The largest absolute Gasteiger partial charge is 0.490 e. The third-order valence-corrected chi connectivity index (χ3v) is 4.84. The summed E-state index contributed by atoms with van der Waals surface area (Å²) in [5, 5.41) is 0. The number of unbranched alkanes of at least 4 members (excludes halogenated alkanes) is 12. The summed E-state index contributed by atoms with van der Waals surface area (Å²) in [5.41, 5.74) is 5.32. The number of esters is 1. The van der Waals surface area contributed by atoms with Gasteiger partial charge in [0.1, 0.15) is 0 Å². The van der Waals surface area contributed by atoms with Crippen LogP contribution in [0.3, 0.4) is 0 Å². The highest BCUT2D eigenvalue weighted by molar-refractivity contribution is 5.75. The molecule has 1 unspecified atom stereocenters. The lowest BCUT2D eigenvalue weighted by molar-refractivity contribution is -0.205. The van der Waals surface area contributed by atoms with Crippen LogP contribution in [0.15, 0.2) is 12.2 Å². The van der Waals surface area contributed by atoms with E-state index in [-0.39, 0.29) is 13.0 Å². The molecule has 0 aromatic carbocycles. The molecule has 30 heavy (non-hydrogen) atoms. The first-order chi connectivity index (χ1) is 14.4. The fraction of sp³-hybridized carbons (Fsp3) is 0.870. The lowest BCUT2D eigenvalue weighted by Crippen LogP contribution is -2.35. The van der Waals surface area contributed by atoms with E-state index in [0.29, 0.717) is 6.61 Å². The maximum absolute atomic E-state index is 12.0. The Hall–Kier alpha value is -1.08. The van der Waals surface area contributed by atoms with E-state index in [9.17, 15) is 18.0 Å². The summed E-state index contributed by atoms with van der Waals surface area (Å²) in [4.78, 5) is 10.6. The van der Waals surface area contributed by atoms with Gasteiger partial charge < -0.3 is 9.47 Å². The first-order valence-electron chi connectivity index (χ1n) is 11.6. The van der Waals surface area contributed by atoms with Crippen LogP contribution in [0.4, 0.5) is 13.2 Å². The Labute approximate surface area is 180 Å². The molecule has 0 aliphatic heterocycles. The van der Waals surface area contributed by atoms with Crippen molar-refractivity contribution in [2.45, 2.75) is 116 Å². The Bertz CT molecular complexity index is 428. The molecule has 0 aliphatic carbocycles. The quantitative estimate of drug-likeness (QED) is 0.0982. The summed E-state index contributed by atoms with van der Waals surface area (Å²) in [6.45, 7) is 2.97. The standard InChI is InChI=1S/C23H42F3NO3/c1-2-3-4-5-6-7-8-9-10-11-12-13-14-15-16-17-19-29-20-18-21(27)30-22(28)23(24,25)26/h9-10,21H,2-8,11-20,27H2,1H3. The van der Waals surface area contributed by atoms with E-state index < -0.39 is 18.4 Å². The molecular formula is C23H42F3NO3. The van der Waals surface area contributed by atoms with Gasteiger partial charge in [-0.1, -0.05) is 76.9 Å². The van der Waals surface area contributed by atoms with Crippen LogP contribution in [0, 0.1) is 0 Å². The van der Waals surface area contributed by atoms with E-state index in [1.165, 1.54) is 64.2 Å². The number of carbonyl (C=O) groups is 1. The Morgan fingerprint density at radius 2 is 1.33 bits per heavy atom. The summed E-state index contributed by atoms with van der Waals surface area (Å²) < 4.78 is 45.4. The van der Waals surface area contributed by atoms with Gasteiger partial charge in [-0.15, -0.1) is 0 Å². The van der Waals surface area contributed by atoms with Crippen LogP contribution in [0.5, 0.6) is 0 Å². The second-order valence-corrected chi connectivity index (χ2v) is 7.78. The van der Waals surface area contributed by atoms with Gasteiger partial charge in [-0.25, -0.2) is 4.79 Å². The Morgan fingerprint density at radius 3 is 1.87 bits per heavy atom. The normalized spacial score (nSPS) is 13.1. The van der Waals surface area contributed by atoms with Gasteiger partial charge in [0.05, 0.1) is 6.61 Å². The average molecular weight is 438 g/mol. The number of hydrogen-bond donors (Lipinski definition) is 1. The topological polar surface area (TPSA) is 61.6 Å². The molecule has 0 saturated heterocycles. The maximum atomic E-state index is 12.0. The molecule has 0 rings (SSSR count). The van der Waals surface area contributed by atoms with Crippen molar-refractivity contribution >= 4 is 5.97 Å². The van der Waals surface area contributed by atoms with Gasteiger partial charge in [0, 0.05) is 13.0 Å². The zero-order chi connectivity index (χ0) is 22.5. The van der Waals surface area contributed by atoms with Gasteiger partial charge in [-0.2, -0.15) is 13.2 Å². The molecule has 0 heterocycles. The molecule has 0 fully saturated rings. The van der Waals surface area contributed by atoms with E-state index in [1.807, 2.05) is 0 Å². The lowest BCUT2D eigenvalue weighted by Gasteiger charge is -2.14. The van der Waals surface area contributed by atoms with Crippen molar-refractivity contribution in [3.05, 3.63) is 12.2 Å². The third-order valence-electron chi connectivity index (χ3n) is 4.84. The number of ether oxygens (including phenoxy) is 2. The molecular weight excluding hydrogens is 395 g/mol. The van der Waals surface area contributed by atoms with Crippen molar-refractivity contribution in [1.82, 2.24) is 0 Å². The first kappa shape index (κ1) is 28.9.